The third-order valence-electron chi connectivity index (χ3n) is 3.82. The van der Waals surface area contributed by atoms with Gasteiger partial charge < -0.3 is 14.6 Å². The predicted octanol–water partition coefficient (Wildman–Crippen LogP) is 2.91. The first kappa shape index (κ1) is 16.1. The summed E-state index contributed by atoms with van der Waals surface area (Å²) in [5.41, 5.74) is 1.00. The molecule has 1 aromatic rings. The van der Waals surface area contributed by atoms with E-state index in [0.29, 0.717) is 24.5 Å². The van der Waals surface area contributed by atoms with E-state index in [1.165, 1.54) is 0 Å². The minimum atomic E-state index is -0.744. The first-order valence-corrected chi connectivity index (χ1v) is 7.73. The third-order valence-corrected chi connectivity index (χ3v) is 4.56. The molecule has 116 valence electrons. The number of carbonyl (C=O) groups is 1. The first-order valence-electron chi connectivity index (χ1n) is 6.94. The van der Waals surface area contributed by atoms with Crippen molar-refractivity contribution in [2.75, 3.05) is 20.8 Å². The van der Waals surface area contributed by atoms with Crippen molar-refractivity contribution in [3.05, 3.63) is 22.2 Å². The standard InChI is InChI=1S/C15H20BrNO4/c1-20-13-7-10(11(16)8-14(13)21-2)9-17-6-4-3-5-12(17)15(18)19/h7-8,12H,3-6,9H2,1-2H3,(H,18,19). The maximum atomic E-state index is 11.4. The van der Waals surface area contributed by atoms with Crippen molar-refractivity contribution in [1.82, 2.24) is 4.90 Å². The number of hydrogen-bond acceptors (Lipinski definition) is 4. The number of carboxylic acid groups (broad SMARTS) is 1. The zero-order valence-electron chi connectivity index (χ0n) is 12.3. The third kappa shape index (κ3) is 3.68. The Balaban J connectivity index is 2.23. The molecule has 6 heteroatoms. The number of hydrogen-bond donors (Lipinski definition) is 1. The molecule has 0 bridgehead atoms. The average Bonchev–Trinajstić information content (AvgIpc) is 2.49. The second kappa shape index (κ2) is 7.13. The summed E-state index contributed by atoms with van der Waals surface area (Å²) in [6, 6.07) is 3.35. The minimum absolute atomic E-state index is 0.404. The Bertz CT molecular complexity index is 521. The van der Waals surface area contributed by atoms with Crippen LogP contribution in [0.5, 0.6) is 11.5 Å². The molecule has 1 N–H and O–H groups in total. The molecule has 1 aromatic carbocycles. The summed E-state index contributed by atoms with van der Waals surface area (Å²) in [7, 11) is 3.19. The van der Waals surface area contributed by atoms with E-state index in [-0.39, 0.29) is 0 Å². The number of rotatable bonds is 5. The number of piperidine rings is 1. The number of carboxylic acids is 1. The average molecular weight is 358 g/mol. The van der Waals surface area contributed by atoms with Gasteiger partial charge >= 0.3 is 5.97 Å². The molecule has 1 fully saturated rings. The Kier molecular flexibility index (Phi) is 5.47. The van der Waals surface area contributed by atoms with Crippen LogP contribution in [0.1, 0.15) is 24.8 Å². The highest BCUT2D eigenvalue weighted by atomic mass is 79.9. The van der Waals surface area contributed by atoms with Gasteiger partial charge in [-0.1, -0.05) is 22.4 Å². The fourth-order valence-corrected chi connectivity index (χ4v) is 3.14. The minimum Gasteiger partial charge on any atom is -0.493 e. The van der Waals surface area contributed by atoms with E-state index in [0.717, 1.165) is 29.4 Å². The largest absolute Gasteiger partial charge is 0.493 e. The van der Waals surface area contributed by atoms with Gasteiger partial charge in [0.15, 0.2) is 11.5 Å². The Labute approximate surface area is 133 Å². The molecule has 21 heavy (non-hydrogen) atoms. The van der Waals surface area contributed by atoms with Crippen molar-refractivity contribution in [3.8, 4) is 11.5 Å². The lowest BCUT2D eigenvalue weighted by Gasteiger charge is -2.33. The molecule has 1 unspecified atom stereocenters. The van der Waals surface area contributed by atoms with Crippen LogP contribution in [-0.4, -0.2) is 42.8 Å². The van der Waals surface area contributed by atoms with Crippen LogP contribution >= 0.6 is 15.9 Å². The lowest BCUT2D eigenvalue weighted by Crippen LogP contribution is -2.44. The molecule has 0 aliphatic carbocycles. The van der Waals surface area contributed by atoms with Gasteiger partial charge in [-0.25, -0.2) is 0 Å². The van der Waals surface area contributed by atoms with Gasteiger partial charge in [0, 0.05) is 11.0 Å². The van der Waals surface area contributed by atoms with Gasteiger partial charge in [0.25, 0.3) is 0 Å². The Morgan fingerprint density at radius 3 is 2.62 bits per heavy atom. The molecule has 5 nitrogen and oxygen atoms in total. The van der Waals surface area contributed by atoms with Crippen LogP contribution in [0.15, 0.2) is 16.6 Å². The van der Waals surface area contributed by atoms with Crippen molar-refractivity contribution in [2.45, 2.75) is 31.8 Å². The van der Waals surface area contributed by atoms with Crippen molar-refractivity contribution >= 4 is 21.9 Å². The Morgan fingerprint density at radius 2 is 2.00 bits per heavy atom. The molecule has 2 rings (SSSR count). The molecule has 0 saturated carbocycles. The summed E-state index contributed by atoms with van der Waals surface area (Å²) in [5.74, 6) is 0.562. The summed E-state index contributed by atoms with van der Waals surface area (Å²) < 4.78 is 11.5. The van der Waals surface area contributed by atoms with Crippen LogP contribution in [0, 0.1) is 0 Å². The maximum Gasteiger partial charge on any atom is 0.320 e. The van der Waals surface area contributed by atoms with Crippen molar-refractivity contribution in [2.24, 2.45) is 0 Å². The second-order valence-electron chi connectivity index (χ2n) is 5.12. The molecule has 1 aliphatic heterocycles. The topological polar surface area (TPSA) is 59.0 Å². The lowest BCUT2D eigenvalue weighted by molar-refractivity contribution is -0.144. The van der Waals surface area contributed by atoms with Crippen LogP contribution in [-0.2, 0) is 11.3 Å². The van der Waals surface area contributed by atoms with Gasteiger partial charge in [-0.15, -0.1) is 0 Å². The fraction of sp³-hybridized carbons (Fsp3) is 0.533. The predicted molar refractivity (Wildman–Crippen MR) is 82.9 cm³/mol. The van der Waals surface area contributed by atoms with E-state index in [4.69, 9.17) is 9.47 Å². The van der Waals surface area contributed by atoms with Gasteiger partial charge in [0.1, 0.15) is 6.04 Å². The highest BCUT2D eigenvalue weighted by molar-refractivity contribution is 9.10. The van der Waals surface area contributed by atoms with Crippen LogP contribution in [0.4, 0.5) is 0 Å². The van der Waals surface area contributed by atoms with Gasteiger partial charge in [-0.2, -0.15) is 0 Å². The highest BCUT2D eigenvalue weighted by Gasteiger charge is 2.28. The summed E-state index contributed by atoms with van der Waals surface area (Å²) >= 11 is 3.53. The molecular weight excluding hydrogens is 338 g/mol. The van der Waals surface area contributed by atoms with Crippen molar-refractivity contribution < 1.29 is 19.4 Å². The molecular formula is C15H20BrNO4. The van der Waals surface area contributed by atoms with E-state index in [2.05, 4.69) is 15.9 Å². The lowest BCUT2D eigenvalue weighted by atomic mass is 10.0. The van der Waals surface area contributed by atoms with E-state index in [1.807, 2.05) is 17.0 Å². The number of nitrogens with zero attached hydrogens (tertiary/aromatic N) is 1. The summed E-state index contributed by atoms with van der Waals surface area (Å²) in [6.45, 7) is 1.38. The highest BCUT2D eigenvalue weighted by Crippen LogP contribution is 2.34. The Morgan fingerprint density at radius 1 is 1.33 bits per heavy atom. The van der Waals surface area contributed by atoms with Crippen molar-refractivity contribution in [3.63, 3.8) is 0 Å². The number of methoxy groups -OCH3 is 2. The van der Waals surface area contributed by atoms with Crippen molar-refractivity contribution in [1.29, 1.82) is 0 Å². The van der Waals surface area contributed by atoms with Gasteiger partial charge in [0.05, 0.1) is 14.2 Å². The molecule has 0 aromatic heterocycles. The molecule has 1 atom stereocenters. The van der Waals surface area contributed by atoms with E-state index < -0.39 is 12.0 Å². The molecule has 1 heterocycles. The summed E-state index contributed by atoms with van der Waals surface area (Å²) in [4.78, 5) is 13.4. The number of ether oxygens (including phenoxy) is 2. The summed E-state index contributed by atoms with van der Waals surface area (Å²) in [5, 5.41) is 9.34. The number of aliphatic carboxylic acids is 1. The van der Waals surface area contributed by atoms with Crippen LogP contribution in [0.2, 0.25) is 0 Å². The van der Waals surface area contributed by atoms with Crippen LogP contribution < -0.4 is 9.47 Å². The SMILES string of the molecule is COc1cc(Br)c(CN2CCCCC2C(=O)O)cc1OC. The van der Waals surface area contributed by atoms with Gasteiger partial charge in [-0.3, -0.25) is 9.69 Å². The monoisotopic (exact) mass is 357 g/mol. The normalized spacial score (nSPS) is 19.3. The van der Waals surface area contributed by atoms with Crippen LogP contribution in [0.25, 0.3) is 0 Å². The number of halogens is 1. The fourth-order valence-electron chi connectivity index (χ4n) is 2.70. The van der Waals surface area contributed by atoms with E-state index in [1.54, 1.807) is 14.2 Å². The van der Waals surface area contributed by atoms with E-state index >= 15 is 0 Å². The maximum absolute atomic E-state index is 11.4. The van der Waals surface area contributed by atoms with Crippen LogP contribution in [0.3, 0.4) is 0 Å². The zero-order chi connectivity index (χ0) is 15.4. The molecule has 0 radical (unpaired) electrons. The molecule has 0 amide bonds. The molecule has 0 spiro atoms. The first-order chi connectivity index (χ1) is 10.1. The molecule has 1 aliphatic rings. The van der Waals surface area contributed by atoms with E-state index in [9.17, 15) is 9.90 Å². The number of likely N-dealkylation sites (tertiary alicyclic amines) is 1. The smallest absolute Gasteiger partial charge is 0.320 e. The Hall–Kier alpha value is -1.27. The molecule has 1 saturated heterocycles. The summed E-state index contributed by atoms with van der Waals surface area (Å²) in [6.07, 6.45) is 2.72. The van der Waals surface area contributed by atoms with Gasteiger partial charge in [0.2, 0.25) is 0 Å². The second-order valence-corrected chi connectivity index (χ2v) is 5.97. The quantitative estimate of drug-likeness (QED) is 0.877. The number of benzene rings is 1. The zero-order valence-corrected chi connectivity index (χ0v) is 13.9. The van der Waals surface area contributed by atoms with Gasteiger partial charge in [-0.05, 0) is 37.1 Å².